The summed E-state index contributed by atoms with van der Waals surface area (Å²) >= 11 is 0. The van der Waals surface area contributed by atoms with Crippen LogP contribution in [0.1, 0.15) is 69.1 Å². The van der Waals surface area contributed by atoms with Crippen LogP contribution in [0.4, 0.5) is 0 Å². The Kier molecular flexibility index (Phi) is 10.8. The third-order valence-electron chi connectivity index (χ3n) is 4.31. The molecule has 0 saturated heterocycles. The van der Waals surface area contributed by atoms with E-state index in [-0.39, 0.29) is 11.9 Å². The number of unbranched alkanes of at least 4 members (excludes halogenated alkanes) is 1. The Hall–Kier alpha value is -2.60. The second-order valence-electron chi connectivity index (χ2n) is 6.81. The van der Waals surface area contributed by atoms with E-state index in [0.29, 0.717) is 24.2 Å². The molecule has 0 aromatic carbocycles. The number of carbonyl (C=O) groups is 1. The van der Waals surface area contributed by atoms with Crippen LogP contribution in [0.3, 0.4) is 0 Å². The number of hydrogen-bond acceptors (Lipinski definition) is 3. The number of hydrogen-bond donors (Lipinski definition) is 2. The fourth-order valence-corrected chi connectivity index (χ4v) is 2.86. The van der Waals surface area contributed by atoms with Crippen LogP contribution in [0.5, 0.6) is 0 Å². The Balaban J connectivity index is 0.00000204. The molecular weight excluding hydrogens is 364 g/mol. The molecule has 0 saturated carbocycles. The van der Waals surface area contributed by atoms with E-state index in [1.165, 1.54) is 0 Å². The molecule has 1 atom stereocenters. The summed E-state index contributed by atoms with van der Waals surface area (Å²) in [6.07, 6.45) is 8.64. The molecule has 29 heavy (non-hydrogen) atoms. The monoisotopic (exact) mass is 400 g/mol. The molecular formula is C23H36N4O2. The number of rotatable bonds is 10. The maximum absolute atomic E-state index is 12.8. The largest absolute Gasteiger partial charge is 0.383 e. The number of carbonyl (C=O) groups excluding carboxylic acids is 1. The van der Waals surface area contributed by atoms with Crippen molar-refractivity contribution < 1.29 is 9.53 Å². The SMILES string of the molecule is C=C(C)/C=c1/cc(C(=O)NC(CCCC)c2cnn(CCOC)c2)[nH]c1=C.CC. The van der Waals surface area contributed by atoms with Crippen molar-refractivity contribution in [3.05, 3.63) is 52.4 Å². The van der Waals surface area contributed by atoms with E-state index >= 15 is 0 Å². The summed E-state index contributed by atoms with van der Waals surface area (Å²) in [6.45, 7) is 17.2. The Morgan fingerprint density at radius 2 is 2.17 bits per heavy atom. The van der Waals surface area contributed by atoms with Gasteiger partial charge in [0, 0.05) is 24.2 Å². The van der Waals surface area contributed by atoms with E-state index in [4.69, 9.17) is 4.74 Å². The first-order valence-electron chi connectivity index (χ1n) is 10.3. The highest BCUT2D eigenvalue weighted by Gasteiger charge is 2.18. The molecule has 0 aliphatic rings. The number of allylic oxidation sites excluding steroid dienone is 1. The summed E-state index contributed by atoms with van der Waals surface area (Å²) in [5, 5.41) is 9.08. The van der Waals surface area contributed by atoms with Gasteiger partial charge in [-0.2, -0.15) is 5.10 Å². The van der Waals surface area contributed by atoms with Gasteiger partial charge in [-0.15, -0.1) is 0 Å². The van der Waals surface area contributed by atoms with Gasteiger partial charge in [0.2, 0.25) is 0 Å². The predicted molar refractivity (Wildman–Crippen MR) is 120 cm³/mol. The minimum Gasteiger partial charge on any atom is -0.383 e. The van der Waals surface area contributed by atoms with Gasteiger partial charge >= 0.3 is 0 Å². The van der Waals surface area contributed by atoms with E-state index in [0.717, 1.165) is 35.6 Å². The summed E-state index contributed by atoms with van der Waals surface area (Å²) < 4.78 is 6.93. The second kappa shape index (κ2) is 12.8. The van der Waals surface area contributed by atoms with Crippen molar-refractivity contribution >= 4 is 18.6 Å². The molecule has 0 aliphatic carbocycles. The van der Waals surface area contributed by atoms with Gasteiger partial charge in [0.1, 0.15) is 5.69 Å². The molecule has 0 aliphatic heterocycles. The molecule has 2 rings (SSSR count). The van der Waals surface area contributed by atoms with Crippen molar-refractivity contribution in [3.63, 3.8) is 0 Å². The van der Waals surface area contributed by atoms with Gasteiger partial charge in [-0.3, -0.25) is 9.48 Å². The average molecular weight is 401 g/mol. The molecule has 6 nitrogen and oxygen atoms in total. The molecule has 0 fully saturated rings. The molecule has 0 spiro atoms. The van der Waals surface area contributed by atoms with E-state index < -0.39 is 0 Å². The van der Waals surface area contributed by atoms with Gasteiger partial charge in [-0.25, -0.2) is 0 Å². The molecule has 160 valence electrons. The Bertz CT molecular complexity index is 879. The van der Waals surface area contributed by atoms with Crippen LogP contribution < -0.4 is 15.9 Å². The zero-order chi connectivity index (χ0) is 21.8. The second-order valence-corrected chi connectivity index (χ2v) is 6.81. The number of H-pyrrole nitrogens is 1. The van der Waals surface area contributed by atoms with E-state index in [1.54, 1.807) is 7.11 Å². The lowest BCUT2D eigenvalue weighted by atomic mass is 10.0. The molecule has 2 aromatic heterocycles. The van der Waals surface area contributed by atoms with Crippen molar-refractivity contribution in [2.45, 2.75) is 59.5 Å². The van der Waals surface area contributed by atoms with E-state index in [2.05, 4.69) is 35.5 Å². The fourth-order valence-electron chi connectivity index (χ4n) is 2.86. The smallest absolute Gasteiger partial charge is 0.268 e. The number of nitrogens with zero attached hydrogens (tertiary/aromatic N) is 2. The molecule has 2 heterocycles. The maximum Gasteiger partial charge on any atom is 0.268 e. The van der Waals surface area contributed by atoms with E-state index in [9.17, 15) is 4.79 Å². The summed E-state index contributed by atoms with van der Waals surface area (Å²) in [5.74, 6) is -0.146. The summed E-state index contributed by atoms with van der Waals surface area (Å²) in [4.78, 5) is 15.8. The van der Waals surface area contributed by atoms with Crippen LogP contribution >= 0.6 is 0 Å². The predicted octanol–water partition coefficient (Wildman–Crippen LogP) is 3.31. The molecule has 0 radical (unpaired) electrons. The van der Waals surface area contributed by atoms with Crippen LogP contribution in [0.2, 0.25) is 0 Å². The first-order valence-corrected chi connectivity index (χ1v) is 10.3. The van der Waals surface area contributed by atoms with Crippen LogP contribution in [0.25, 0.3) is 12.7 Å². The van der Waals surface area contributed by atoms with Crippen LogP contribution in [0.15, 0.2) is 30.6 Å². The zero-order valence-electron chi connectivity index (χ0n) is 18.5. The number of methoxy groups -OCH3 is 1. The fraction of sp³-hybridized carbons (Fsp3) is 0.478. The average Bonchev–Trinajstić information content (AvgIpc) is 3.31. The van der Waals surface area contributed by atoms with Crippen LogP contribution in [0, 0.1) is 0 Å². The molecule has 2 N–H and O–H groups in total. The van der Waals surface area contributed by atoms with Gasteiger partial charge in [0.15, 0.2) is 0 Å². The highest BCUT2D eigenvalue weighted by molar-refractivity contribution is 5.92. The topological polar surface area (TPSA) is 71.9 Å². The molecule has 1 unspecified atom stereocenters. The Labute approximate surface area is 174 Å². The lowest BCUT2D eigenvalue weighted by Gasteiger charge is -2.16. The first kappa shape index (κ1) is 24.4. The number of aromatic nitrogens is 3. The molecule has 0 bridgehead atoms. The van der Waals surface area contributed by atoms with Crippen molar-refractivity contribution in [1.82, 2.24) is 20.1 Å². The van der Waals surface area contributed by atoms with Gasteiger partial charge < -0.3 is 15.0 Å². The molecule has 6 heteroatoms. The van der Waals surface area contributed by atoms with Crippen molar-refractivity contribution in [2.75, 3.05) is 13.7 Å². The maximum atomic E-state index is 12.8. The lowest BCUT2D eigenvalue weighted by Crippen LogP contribution is -2.29. The summed E-state index contributed by atoms with van der Waals surface area (Å²) in [7, 11) is 1.67. The third kappa shape index (κ3) is 7.74. The normalized spacial score (nSPS) is 12.2. The van der Waals surface area contributed by atoms with E-state index in [1.807, 2.05) is 50.0 Å². The summed E-state index contributed by atoms with van der Waals surface area (Å²) in [6, 6.07) is 1.73. The van der Waals surface area contributed by atoms with Gasteiger partial charge in [-0.1, -0.05) is 58.4 Å². The third-order valence-corrected chi connectivity index (χ3v) is 4.31. The number of ether oxygens (including phenoxy) is 1. The van der Waals surface area contributed by atoms with Gasteiger partial charge in [-0.05, 0) is 24.6 Å². The van der Waals surface area contributed by atoms with Crippen LogP contribution in [-0.4, -0.2) is 34.4 Å². The standard InChI is InChI=1S/C21H30N4O2.C2H6/c1-6-7-8-19(18-13-22-25(14-18)9-10-27-5)24-21(26)20-12-17(11-15(2)3)16(4)23-20;1-2/h11-14,19,23H,2,4,6-10H2,1,3,5H3,(H,24,26);1-2H3/b17-11-;. The Morgan fingerprint density at radius 3 is 2.79 bits per heavy atom. The molecule has 1 amide bonds. The number of nitrogens with one attached hydrogen (secondary N) is 2. The first-order chi connectivity index (χ1) is 13.9. The quantitative estimate of drug-likeness (QED) is 0.643. The lowest BCUT2D eigenvalue weighted by molar-refractivity contribution is 0.0929. The number of aromatic amines is 1. The Morgan fingerprint density at radius 1 is 1.45 bits per heavy atom. The zero-order valence-corrected chi connectivity index (χ0v) is 18.5. The highest BCUT2D eigenvalue weighted by atomic mass is 16.5. The molecule has 2 aromatic rings. The number of amides is 1. The van der Waals surface area contributed by atoms with Crippen LogP contribution in [-0.2, 0) is 11.3 Å². The minimum atomic E-state index is -0.146. The minimum absolute atomic E-state index is 0.0844. The summed E-state index contributed by atoms with van der Waals surface area (Å²) in [5.41, 5.74) is 2.42. The van der Waals surface area contributed by atoms with Gasteiger partial charge in [0.25, 0.3) is 5.91 Å². The van der Waals surface area contributed by atoms with Crippen molar-refractivity contribution in [1.29, 1.82) is 0 Å². The van der Waals surface area contributed by atoms with Crippen molar-refractivity contribution in [2.24, 2.45) is 0 Å². The van der Waals surface area contributed by atoms with Crippen molar-refractivity contribution in [3.8, 4) is 0 Å². The highest BCUT2D eigenvalue weighted by Crippen LogP contribution is 2.19. The van der Waals surface area contributed by atoms with Gasteiger partial charge in [0.05, 0.1) is 25.4 Å².